The molecule has 1 aliphatic carbocycles. The predicted octanol–water partition coefficient (Wildman–Crippen LogP) is 2.74. The highest BCUT2D eigenvalue weighted by molar-refractivity contribution is 5.86. The van der Waals surface area contributed by atoms with Crippen LogP contribution >= 0.6 is 0 Å². The molecule has 0 amide bonds. The summed E-state index contributed by atoms with van der Waals surface area (Å²) in [6.07, 6.45) is -2.37. The second-order valence-corrected chi connectivity index (χ2v) is 10.1. The first-order chi connectivity index (χ1) is 15.6. The van der Waals surface area contributed by atoms with Crippen LogP contribution in [0.1, 0.15) is 49.4 Å². The van der Waals surface area contributed by atoms with Gasteiger partial charge in [-0.15, -0.1) is 12.2 Å². The van der Waals surface area contributed by atoms with E-state index >= 15 is 0 Å². The number of aryl methyl sites for hydroxylation is 1. The van der Waals surface area contributed by atoms with Crippen molar-refractivity contribution in [3.63, 3.8) is 0 Å². The minimum Gasteiger partial charge on any atom is -0.851 e. The van der Waals surface area contributed by atoms with Gasteiger partial charge in [0.15, 0.2) is 0 Å². The van der Waals surface area contributed by atoms with E-state index in [4.69, 9.17) is 0 Å². The zero-order chi connectivity index (χ0) is 23.7. The molecule has 0 saturated heterocycles. The summed E-state index contributed by atoms with van der Waals surface area (Å²) in [5, 5.41) is 31.5. The van der Waals surface area contributed by atoms with Crippen LogP contribution in [0, 0.1) is 6.92 Å². The lowest BCUT2D eigenvalue weighted by Crippen LogP contribution is -2.64. The first-order valence-corrected chi connectivity index (χ1v) is 11.4. The molecule has 2 atom stereocenters. The minimum atomic E-state index is -1.18. The van der Waals surface area contributed by atoms with E-state index in [-0.39, 0.29) is 5.56 Å². The van der Waals surface area contributed by atoms with Gasteiger partial charge in [0.05, 0.1) is 11.2 Å². The fourth-order valence-electron chi connectivity index (χ4n) is 5.36. The van der Waals surface area contributed by atoms with Crippen LogP contribution in [0.5, 0.6) is 0 Å². The molecule has 0 aliphatic heterocycles. The summed E-state index contributed by atoms with van der Waals surface area (Å²) >= 11 is 0. The molecular weight excluding hydrogens is 414 g/mol. The van der Waals surface area contributed by atoms with Crippen LogP contribution in [0.4, 0.5) is 0 Å². The van der Waals surface area contributed by atoms with E-state index in [1.165, 1.54) is 0 Å². The third kappa shape index (κ3) is 3.12. The highest BCUT2D eigenvalue weighted by atomic mass is 16.3. The van der Waals surface area contributed by atoms with Gasteiger partial charge in [0.1, 0.15) is 0 Å². The Morgan fingerprint density at radius 2 is 1.45 bits per heavy atom. The monoisotopic (exact) mass is 443 g/mol. The van der Waals surface area contributed by atoms with Crippen molar-refractivity contribution in [1.82, 2.24) is 14.3 Å². The number of hydrogen-bond acceptors (Lipinski definition) is 3. The number of nitrogens with one attached hydrogen (secondary N) is 1. The first-order valence-electron chi connectivity index (χ1n) is 11.4. The Balaban J connectivity index is 1.64. The van der Waals surface area contributed by atoms with Crippen LogP contribution in [-0.2, 0) is 12.6 Å². The summed E-state index contributed by atoms with van der Waals surface area (Å²) in [5.74, 6) is -1.57. The molecule has 5 rings (SSSR count). The molecule has 2 heterocycles. The SMILES string of the molecule is Cc1c(C2C([O-])C(c3c(-c4ccccc4)[nH]n(C(C)(C)C)c3=O)C2[O-])c2ccccc2n1C. The van der Waals surface area contributed by atoms with Gasteiger partial charge in [0, 0.05) is 29.2 Å². The lowest BCUT2D eigenvalue weighted by Gasteiger charge is -2.61. The Morgan fingerprint density at radius 3 is 2.09 bits per heavy atom. The molecule has 1 saturated carbocycles. The molecule has 33 heavy (non-hydrogen) atoms. The molecule has 4 aromatic rings. The van der Waals surface area contributed by atoms with Gasteiger partial charge in [-0.25, -0.2) is 4.68 Å². The molecule has 6 nitrogen and oxygen atoms in total. The summed E-state index contributed by atoms with van der Waals surface area (Å²) in [4.78, 5) is 13.5. The van der Waals surface area contributed by atoms with Gasteiger partial charge in [-0.05, 0) is 56.7 Å². The van der Waals surface area contributed by atoms with Gasteiger partial charge < -0.3 is 14.8 Å². The number of rotatable bonds is 3. The van der Waals surface area contributed by atoms with Crippen LogP contribution in [-0.4, -0.2) is 26.6 Å². The number of H-pyrrole nitrogens is 1. The van der Waals surface area contributed by atoms with E-state index < -0.39 is 29.6 Å². The summed E-state index contributed by atoms with van der Waals surface area (Å²) in [6, 6.07) is 17.3. The predicted molar refractivity (Wildman–Crippen MR) is 126 cm³/mol. The molecule has 0 spiro atoms. The topological polar surface area (TPSA) is 88.8 Å². The first kappa shape index (κ1) is 21.7. The van der Waals surface area contributed by atoms with Crippen molar-refractivity contribution >= 4 is 10.9 Å². The van der Waals surface area contributed by atoms with Gasteiger partial charge in [-0.3, -0.25) is 9.89 Å². The fourth-order valence-corrected chi connectivity index (χ4v) is 5.36. The largest absolute Gasteiger partial charge is 0.851 e. The summed E-state index contributed by atoms with van der Waals surface area (Å²) in [7, 11) is 1.96. The van der Waals surface area contributed by atoms with Crippen LogP contribution in [0.3, 0.4) is 0 Å². The highest BCUT2D eigenvalue weighted by Crippen LogP contribution is 2.49. The minimum absolute atomic E-state index is 0.277. The average Bonchev–Trinajstić information content (AvgIpc) is 3.25. The second kappa shape index (κ2) is 7.47. The highest BCUT2D eigenvalue weighted by Gasteiger charge is 2.44. The smallest absolute Gasteiger partial charge is 0.271 e. The molecule has 2 unspecified atom stereocenters. The van der Waals surface area contributed by atoms with E-state index in [9.17, 15) is 15.0 Å². The van der Waals surface area contributed by atoms with Gasteiger partial charge in [0.2, 0.25) is 0 Å². The van der Waals surface area contributed by atoms with Crippen LogP contribution in [0.15, 0.2) is 59.4 Å². The lowest BCUT2D eigenvalue weighted by atomic mass is 9.62. The van der Waals surface area contributed by atoms with Crippen molar-refractivity contribution in [2.45, 2.75) is 57.3 Å². The third-order valence-corrected chi connectivity index (χ3v) is 7.19. The lowest BCUT2D eigenvalue weighted by molar-refractivity contribution is -0.536. The van der Waals surface area contributed by atoms with Gasteiger partial charge in [-0.2, -0.15) is 0 Å². The van der Waals surface area contributed by atoms with E-state index in [2.05, 4.69) is 5.10 Å². The zero-order valence-corrected chi connectivity index (χ0v) is 19.6. The third-order valence-electron chi connectivity index (χ3n) is 7.19. The summed E-state index contributed by atoms with van der Waals surface area (Å²) in [6.45, 7) is 7.74. The number of para-hydroxylation sites is 1. The van der Waals surface area contributed by atoms with Crippen molar-refractivity contribution in [2.24, 2.45) is 7.05 Å². The Labute approximate surface area is 193 Å². The van der Waals surface area contributed by atoms with Crippen LogP contribution in [0.2, 0.25) is 0 Å². The molecule has 1 aliphatic rings. The molecule has 0 bridgehead atoms. The normalized spacial score (nSPS) is 23.1. The summed E-state index contributed by atoms with van der Waals surface area (Å²) in [5.41, 5.74) is 3.70. The van der Waals surface area contributed by atoms with Crippen LogP contribution in [0.25, 0.3) is 22.2 Å². The fraction of sp³-hybridized carbons (Fsp3) is 0.370. The Kier molecular flexibility index (Phi) is 4.92. The van der Waals surface area contributed by atoms with Gasteiger partial charge in [-0.1, -0.05) is 48.5 Å². The van der Waals surface area contributed by atoms with Crippen LogP contribution < -0.4 is 15.8 Å². The molecule has 1 fully saturated rings. The Morgan fingerprint density at radius 1 is 0.879 bits per heavy atom. The molecular formula is C27H29N3O3-2. The standard InChI is InChI=1S/C27H29N3O3/c1-15-19(17-13-9-10-14-18(17)29(15)5)21-24(31)22(25(21)32)20-23(16-11-7-6-8-12-16)28-30(26(20)33)27(2,3)4/h6-14,21-22,24-25,28H,1-5H3/q-2. The number of aromatic amines is 1. The molecule has 0 radical (unpaired) electrons. The van der Waals surface area contributed by atoms with Crippen molar-refractivity contribution in [2.75, 3.05) is 0 Å². The van der Waals surface area contributed by atoms with Crippen molar-refractivity contribution in [3.05, 3.63) is 81.8 Å². The van der Waals surface area contributed by atoms with E-state index in [1.807, 2.05) is 93.9 Å². The zero-order valence-electron chi connectivity index (χ0n) is 19.6. The maximum absolute atomic E-state index is 13.7. The molecule has 1 N–H and O–H groups in total. The van der Waals surface area contributed by atoms with E-state index in [0.717, 1.165) is 27.7 Å². The Hall–Kier alpha value is -3.09. The molecule has 6 heteroatoms. The Bertz CT molecular complexity index is 1380. The van der Waals surface area contributed by atoms with Crippen molar-refractivity contribution < 1.29 is 10.2 Å². The molecule has 2 aromatic carbocycles. The number of hydrogen-bond donors (Lipinski definition) is 1. The second-order valence-electron chi connectivity index (χ2n) is 10.1. The van der Waals surface area contributed by atoms with E-state index in [0.29, 0.717) is 11.3 Å². The number of nitrogens with zero attached hydrogens (tertiary/aromatic N) is 2. The van der Waals surface area contributed by atoms with E-state index in [1.54, 1.807) is 4.68 Å². The molecule has 172 valence electrons. The van der Waals surface area contributed by atoms with Crippen molar-refractivity contribution in [1.29, 1.82) is 0 Å². The number of fused-ring (bicyclic) bond motifs is 1. The summed E-state index contributed by atoms with van der Waals surface area (Å²) < 4.78 is 3.58. The number of aromatic nitrogens is 3. The molecule has 2 aromatic heterocycles. The van der Waals surface area contributed by atoms with Gasteiger partial charge >= 0.3 is 0 Å². The maximum Gasteiger partial charge on any atom is 0.271 e. The maximum atomic E-state index is 13.7. The van der Waals surface area contributed by atoms with Gasteiger partial charge in [0.25, 0.3) is 5.56 Å². The number of benzene rings is 2. The average molecular weight is 444 g/mol. The quantitative estimate of drug-likeness (QED) is 0.528. The van der Waals surface area contributed by atoms with Crippen molar-refractivity contribution in [3.8, 4) is 11.3 Å².